The predicted molar refractivity (Wildman–Crippen MR) is 78.4 cm³/mol. The molecule has 0 spiro atoms. The van der Waals surface area contributed by atoms with Gasteiger partial charge in [-0.05, 0) is 58.6 Å². The molecule has 2 atom stereocenters. The largest absolute Gasteiger partial charge is 0.327 e. The van der Waals surface area contributed by atoms with Gasteiger partial charge in [-0.1, -0.05) is 12.1 Å². The molecule has 0 aliphatic rings. The molecular weight excluding hydrogens is 307 g/mol. The molecule has 0 aliphatic carbocycles. The molecule has 1 heterocycles. The Balaban J connectivity index is 2.23. The van der Waals surface area contributed by atoms with Gasteiger partial charge in [0, 0.05) is 28.8 Å². The molecule has 2 unspecified atom stereocenters. The van der Waals surface area contributed by atoms with Crippen LogP contribution in [0, 0.1) is 5.82 Å². The molecule has 0 fully saturated rings. The highest BCUT2D eigenvalue weighted by molar-refractivity contribution is 9.10. The Morgan fingerprint density at radius 3 is 2.53 bits per heavy atom. The van der Waals surface area contributed by atoms with Crippen molar-refractivity contribution in [2.45, 2.75) is 25.3 Å². The van der Waals surface area contributed by atoms with E-state index in [4.69, 9.17) is 5.73 Å². The van der Waals surface area contributed by atoms with E-state index in [2.05, 4.69) is 20.9 Å². The first-order valence-electron chi connectivity index (χ1n) is 6.16. The van der Waals surface area contributed by atoms with Crippen molar-refractivity contribution in [2.24, 2.45) is 5.73 Å². The van der Waals surface area contributed by atoms with Crippen molar-refractivity contribution in [3.8, 4) is 0 Å². The van der Waals surface area contributed by atoms with Gasteiger partial charge >= 0.3 is 0 Å². The molecular formula is C15H16BrFN2. The van der Waals surface area contributed by atoms with E-state index in [9.17, 15) is 4.39 Å². The summed E-state index contributed by atoms with van der Waals surface area (Å²) >= 11 is 3.42. The van der Waals surface area contributed by atoms with Crippen LogP contribution in [0.2, 0.25) is 0 Å². The van der Waals surface area contributed by atoms with Crippen molar-refractivity contribution in [3.05, 3.63) is 64.1 Å². The van der Waals surface area contributed by atoms with Crippen LogP contribution in [0.5, 0.6) is 0 Å². The zero-order valence-electron chi connectivity index (χ0n) is 10.7. The number of halogens is 2. The van der Waals surface area contributed by atoms with Crippen LogP contribution in [-0.4, -0.2) is 11.0 Å². The third-order valence-corrected chi connectivity index (χ3v) is 3.59. The minimum Gasteiger partial charge on any atom is -0.327 e. The fourth-order valence-corrected chi connectivity index (χ4v) is 2.50. The normalized spacial score (nSPS) is 14.1. The predicted octanol–water partition coefficient (Wildman–Crippen LogP) is 3.66. The number of rotatable bonds is 4. The van der Waals surface area contributed by atoms with Gasteiger partial charge in [0.25, 0.3) is 0 Å². The first-order chi connectivity index (χ1) is 9.06. The molecule has 1 aromatic carbocycles. The van der Waals surface area contributed by atoms with Crippen molar-refractivity contribution < 1.29 is 4.39 Å². The summed E-state index contributed by atoms with van der Waals surface area (Å²) in [4.78, 5) is 4.18. The molecule has 100 valence electrons. The van der Waals surface area contributed by atoms with Gasteiger partial charge in [-0.15, -0.1) is 0 Å². The summed E-state index contributed by atoms with van der Waals surface area (Å²) in [5, 5.41) is 0. The van der Waals surface area contributed by atoms with Gasteiger partial charge < -0.3 is 5.73 Å². The number of nitrogens with two attached hydrogens (primary N) is 1. The van der Waals surface area contributed by atoms with Gasteiger partial charge in [0.1, 0.15) is 5.82 Å². The molecule has 0 amide bonds. The number of nitrogens with zero attached hydrogens (tertiary/aromatic N) is 1. The second-order valence-electron chi connectivity index (χ2n) is 4.73. The third kappa shape index (κ3) is 3.85. The zero-order chi connectivity index (χ0) is 13.8. The van der Waals surface area contributed by atoms with Gasteiger partial charge in [0.15, 0.2) is 0 Å². The van der Waals surface area contributed by atoms with Gasteiger partial charge in [-0.25, -0.2) is 4.39 Å². The van der Waals surface area contributed by atoms with Crippen LogP contribution in [0.3, 0.4) is 0 Å². The van der Waals surface area contributed by atoms with Gasteiger partial charge in [-0.3, -0.25) is 4.98 Å². The van der Waals surface area contributed by atoms with Crippen molar-refractivity contribution in [3.63, 3.8) is 0 Å². The minimum absolute atomic E-state index is 0.00107. The maximum Gasteiger partial charge on any atom is 0.123 e. The van der Waals surface area contributed by atoms with Crippen LogP contribution in [0.15, 0.2) is 47.2 Å². The number of benzene rings is 1. The summed E-state index contributed by atoms with van der Waals surface area (Å²) in [5.74, 6) is -0.0549. The Labute approximate surface area is 121 Å². The number of aromatic nitrogens is 1. The highest BCUT2D eigenvalue weighted by atomic mass is 79.9. The second-order valence-corrected chi connectivity index (χ2v) is 5.65. The summed E-state index contributed by atoms with van der Waals surface area (Å²) in [5.41, 5.74) is 8.24. The van der Waals surface area contributed by atoms with Crippen LogP contribution in [0.4, 0.5) is 4.39 Å². The quantitative estimate of drug-likeness (QED) is 0.933. The van der Waals surface area contributed by atoms with E-state index in [1.54, 1.807) is 18.3 Å². The Hall–Kier alpha value is -1.26. The van der Waals surface area contributed by atoms with Crippen molar-refractivity contribution in [1.29, 1.82) is 0 Å². The SMILES string of the molecule is CC(N)C(Cc1ccc(F)cc1)c1cncc(Br)c1. The molecule has 2 aromatic rings. The van der Waals surface area contributed by atoms with Crippen molar-refractivity contribution >= 4 is 15.9 Å². The molecule has 0 bridgehead atoms. The Bertz CT molecular complexity index is 540. The first-order valence-corrected chi connectivity index (χ1v) is 6.96. The lowest BCUT2D eigenvalue weighted by Gasteiger charge is -2.21. The van der Waals surface area contributed by atoms with Crippen molar-refractivity contribution in [2.75, 3.05) is 0 Å². The van der Waals surface area contributed by atoms with Crippen LogP contribution in [-0.2, 0) is 6.42 Å². The lowest BCUT2D eigenvalue weighted by molar-refractivity contribution is 0.562. The maximum absolute atomic E-state index is 12.9. The highest BCUT2D eigenvalue weighted by Gasteiger charge is 2.17. The summed E-state index contributed by atoms with van der Waals surface area (Å²) < 4.78 is 13.9. The molecule has 0 aliphatic heterocycles. The molecule has 0 saturated heterocycles. The fourth-order valence-electron chi connectivity index (χ4n) is 2.11. The number of hydrogen-bond donors (Lipinski definition) is 1. The minimum atomic E-state index is -0.217. The fraction of sp³-hybridized carbons (Fsp3) is 0.267. The van der Waals surface area contributed by atoms with Gasteiger partial charge in [0.2, 0.25) is 0 Å². The smallest absolute Gasteiger partial charge is 0.123 e. The van der Waals surface area contributed by atoms with E-state index in [1.807, 2.05) is 19.2 Å². The summed E-state index contributed by atoms with van der Waals surface area (Å²) in [7, 11) is 0. The number of pyridine rings is 1. The summed E-state index contributed by atoms with van der Waals surface area (Å²) in [6, 6.07) is 8.59. The van der Waals surface area contributed by atoms with E-state index in [1.165, 1.54) is 12.1 Å². The van der Waals surface area contributed by atoms with Crippen molar-refractivity contribution in [1.82, 2.24) is 4.98 Å². The third-order valence-electron chi connectivity index (χ3n) is 3.16. The Morgan fingerprint density at radius 1 is 1.26 bits per heavy atom. The Morgan fingerprint density at radius 2 is 1.95 bits per heavy atom. The first kappa shape index (κ1) is 14.2. The standard InChI is InChI=1S/C15H16BrFN2/c1-10(18)15(12-7-13(16)9-19-8-12)6-11-2-4-14(17)5-3-11/h2-5,7-10,15H,6,18H2,1H3. The van der Waals surface area contributed by atoms with E-state index >= 15 is 0 Å². The number of hydrogen-bond acceptors (Lipinski definition) is 2. The van der Waals surface area contributed by atoms with E-state index in [0.717, 1.165) is 22.0 Å². The Kier molecular flexibility index (Phi) is 4.66. The summed E-state index contributed by atoms with van der Waals surface area (Å²) in [6.07, 6.45) is 4.36. The second kappa shape index (κ2) is 6.26. The van der Waals surface area contributed by atoms with E-state index in [-0.39, 0.29) is 17.8 Å². The average Bonchev–Trinajstić information content (AvgIpc) is 2.37. The van der Waals surface area contributed by atoms with Crippen LogP contribution in [0.25, 0.3) is 0 Å². The molecule has 2 rings (SSSR count). The lowest BCUT2D eigenvalue weighted by atomic mass is 9.88. The molecule has 4 heteroatoms. The highest BCUT2D eigenvalue weighted by Crippen LogP contribution is 2.25. The van der Waals surface area contributed by atoms with Gasteiger partial charge in [0.05, 0.1) is 0 Å². The van der Waals surface area contributed by atoms with E-state index < -0.39 is 0 Å². The topological polar surface area (TPSA) is 38.9 Å². The van der Waals surface area contributed by atoms with Crippen LogP contribution >= 0.6 is 15.9 Å². The molecule has 2 nitrogen and oxygen atoms in total. The molecule has 0 radical (unpaired) electrons. The van der Waals surface area contributed by atoms with E-state index in [0.29, 0.717) is 0 Å². The van der Waals surface area contributed by atoms with Crippen LogP contribution < -0.4 is 5.73 Å². The average molecular weight is 323 g/mol. The molecule has 0 saturated carbocycles. The monoisotopic (exact) mass is 322 g/mol. The van der Waals surface area contributed by atoms with Gasteiger partial charge in [-0.2, -0.15) is 0 Å². The maximum atomic E-state index is 12.9. The molecule has 1 aromatic heterocycles. The summed E-state index contributed by atoms with van der Waals surface area (Å²) in [6.45, 7) is 1.98. The molecule has 19 heavy (non-hydrogen) atoms. The zero-order valence-corrected chi connectivity index (χ0v) is 12.3. The lowest BCUT2D eigenvalue weighted by Crippen LogP contribution is -2.26. The van der Waals surface area contributed by atoms with Crippen LogP contribution in [0.1, 0.15) is 24.0 Å². The molecule has 2 N–H and O–H groups in total.